The summed E-state index contributed by atoms with van der Waals surface area (Å²) in [4.78, 5) is 8.02. The quantitative estimate of drug-likeness (QED) is 0.924. The highest BCUT2D eigenvalue weighted by atomic mass is 32.2. The maximum atomic E-state index is 9.23. The second-order valence-corrected chi connectivity index (χ2v) is 6.33. The van der Waals surface area contributed by atoms with Crippen molar-refractivity contribution in [1.82, 2.24) is 4.90 Å². The van der Waals surface area contributed by atoms with Crippen LogP contribution < -0.4 is 0 Å². The zero-order valence-corrected chi connectivity index (χ0v) is 13.2. The minimum Gasteiger partial charge on any atom is -0.396 e. The van der Waals surface area contributed by atoms with E-state index in [0.29, 0.717) is 5.25 Å². The number of aliphatic imine (C=N–C) groups is 1. The molecule has 0 spiro atoms. The van der Waals surface area contributed by atoms with Gasteiger partial charge in [0.2, 0.25) is 0 Å². The number of aliphatic hydroxyl groups is 1. The van der Waals surface area contributed by atoms with Crippen molar-refractivity contribution in [2.24, 2.45) is 4.99 Å². The Labute approximate surface area is 125 Å². The van der Waals surface area contributed by atoms with Gasteiger partial charge in [0.25, 0.3) is 0 Å². The van der Waals surface area contributed by atoms with Gasteiger partial charge in [0, 0.05) is 37.2 Å². The minimum atomic E-state index is 0.199. The van der Waals surface area contributed by atoms with Crippen LogP contribution in [0.4, 0.5) is 0 Å². The van der Waals surface area contributed by atoms with Crippen LogP contribution in [0, 0.1) is 0 Å². The van der Waals surface area contributed by atoms with Gasteiger partial charge >= 0.3 is 0 Å². The van der Waals surface area contributed by atoms with Gasteiger partial charge < -0.3 is 10.0 Å². The number of nitrogens with zero attached hydrogens (tertiary/aromatic N) is 2. The summed E-state index contributed by atoms with van der Waals surface area (Å²) in [6.45, 7) is 5.33. The predicted octanol–water partition coefficient (Wildman–Crippen LogP) is 3.27. The number of hydrogen-bond acceptors (Lipinski definition) is 3. The van der Waals surface area contributed by atoms with Gasteiger partial charge in [-0.3, -0.25) is 4.99 Å². The Kier molecular flexibility index (Phi) is 5.26. The molecule has 0 bridgehead atoms. The Morgan fingerprint density at radius 2 is 2.00 bits per heavy atom. The Balaban J connectivity index is 2.32. The summed E-state index contributed by atoms with van der Waals surface area (Å²) in [5, 5.41) is 9.55. The molecular formula is C16H22N2OS. The van der Waals surface area contributed by atoms with Gasteiger partial charge in [0.05, 0.1) is 5.25 Å². The molecule has 1 aliphatic rings. The van der Waals surface area contributed by atoms with Crippen molar-refractivity contribution in [3.05, 3.63) is 46.5 Å². The molecule has 1 aromatic rings. The lowest BCUT2D eigenvalue weighted by Gasteiger charge is -2.36. The summed E-state index contributed by atoms with van der Waals surface area (Å²) in [7, 11) is 1.86. The van der Waals surface area contributed by atoms with Crippen LogP contribution in [0.1, 0.15) is 25.8 Å². The van der Waals surface area contributed by atoms with Crippen molar-refractivity contribution in [3.8, 4) is 0 Å². The van der Waals surface area contributed by atoms with E-state index in [1.54, 1.807) is 0 Å². The first-order valence-electron chi connectivity index (χ1n) is 6.92. The summed E-state index contributed by atoms with van der Waals surface area (Å²) in [5.41, 5.74) is 2.49. The number of thioether (sulfide) groups is 1. The monoisotopic (exact) mass is 290 g/mol. The minimum absolute atomic E-state index is 0.199. The molecule has 3 nitrogen and oxygen atoms in total. The average Bonchev–Trinajstić information content (AvgIpc) is 2.46. The molecule has 0 amide bonds. The molecule has 1 aromatic carbocycles. The van der Waals surface area contributed by atoms with E-state index in [2.05, 4.69) is 48.0 Å². The van der Waals surface area contributed by atoms with Crippen molar-refractivity contribution in [1.29, 1.82) is 0 Å². The first-order chi connectivity index (χ1) is 9.67. The number of allylic oxidation sites excluding steroid dienone is 1. The fraction of sp³-hybridized carbons (Fsp3) is 0.438. The van der Waals surface area contributed by atoms with E-state index < -0.39 is 0 Å². The van der Waals surface area contributed by atoms with E-state index in [9.17, 15) is 5.11 Å². The number of hydrogen-bond donors (Lipinski definition) is 1. The van der Waals surface area contributed by atoms with Crippen LogP contribution in [0.15, 0.2) is 45.9 Å². The molecule has 0 saturated heterocycles. The third-order valence-electron chi connectivity index (χ3n) is 3.52. The fourth-order valence-corrected chi connectivity index (χ4v) is 3.76. The molecule has 1 aliphatic heterocycles. The van der Waals surface area contributed by atoms with Crippen molar-refractivity contribution < 1.29 is 5.11 Å². The third-order valence-corrected chi connectivity index (χ3v) is 4.87. The topological polar surface area (TPSA) is 35.8 Å². The summed E-state index contributed by atoms with van der Waals surface area (Å²) in [6.07, 6.45) is 0.725. The lowest BCUT2D eigenvalue weighted by Crippen LogP contribution is -2.38. The molecule has 0 aliphatic carbocycles. The Morgan fingerprint density at radius 3 is 2.60 bits per heavy atom. The molecule has 4 heteroatoms. The van der Waals surface area contributed by atoms with E-state index in [1.165, 1.54) is 16.2 Å². The molecule has 1 heterocycles. The van der Waals surface area contributed by atoms with Crippen LogP contribution in [0.2, 0.25) is 0 Å². The summed E-state index contributed by atoms with van der Waals surface area (Å²) in [5.74, 6) is 1.11. The van der Waals surface area contributed by atoms with Gasteiger partial charge in [0.1, 0.15) is 5.84 Å². The van der Waals surface area contributed by atoms with Crippen molar-refractivity contribution in [2.75, 3.05) is 13.7 Å². The van der Waals surface area contributed by atoms with Gasteiger partial charge in [-0.1, -0.05) is 30.3 Å². The fourth-order valence-electron chi connectivity index (χ4n) is 2.50. The van der Waals surface area contributed by atoms with Gasteiger partial charge in [-0.15, -0.1) is 11.8 Å². The number of amidine groups is 1. The van der Waals surface area contributed by atoms with E-state index in [4.69, 9.17) is 0 Å². The average molecular weight is 290 g/mol. The first kappa shape index (κ1) is 15.1. The SMILES string of the molecule is CN=C1C(C)SC(CCO)=C(C)N1Cc1ccccc1. The number of benzene rings is 1. The van der Waals surface area contributed by atoms with Crippen molar-refractivity contribution in [2.45, 2.75) is 32.1 Å². The summed E-state index contributed by atoms with van der Waals surface area (Å²) in [6, 6.07) is 10.4. The normalized spacial score (nSPS) is 21.7. The zero-order chi connectivity index (χ0) is 14.5. The van der Waals surface area contributed by atoms with E-state index in [0.717, 1.165) is 18.8 Å². The van der Waals surface area contributed by atoms with Crippen LogP contribution in [0.3, 0.4) is 0 Å². The maximum absolute atomic E-state index is 9.23. The second kappa shape index (κ2) is 6.95. The Morgan fingerprint density at radius 1 is 1.30 bits per heavy atom. The molecule has 108 valence electrons. The molecule has 20 heavy (non-hydrogen) atoms. The Hall–Kier alpha value is -1.26. The lowest BCUT2D eigenvalue weighted by molar-refractivity contribution is 0.300. The summed E-state index contributed by atoms with van der Waals surface area (Å²) < 4.78 is 0. The molecule has 0 radical (unpaired) electrons. The highest BCUT2D eigenvalue weighted by Gasteiger charge is 2.28. The highest BCUT2D eigenvalue weighted by molar-refractivity contribution is 8.04. The van der Waals surface area contributed by atoms with E-state index in [-0.39, 0.29) is 6.61 Å². The van der Waals surface area contributed by atoms with Gasteiger partial charge in [0.15, 0.2) is 0 Å². The molecule has 0 fully saturated rings. The number of aliphatic hydroxyl groups excluding tert-OH is 1. The number of rotatable bonds is 4. The third kappa shape index (κ3) is 3.25. The highest BCUT2D eigenvalue weighted by Crippen LogP contribution is 2.36. The van der Waals surface area contributed by atoms with E-state index >= 15 is 0 Å². The van der Waals surface area contributed by atoms with Gasteiger partial charge in [-0.05, 0) is 19.4 Å². The van der Waals surface area contributed by atoms with Crippen LogP contribution in [-0.4, -0.2) is 34.7 Å². The van der Waals surface area contributed by atoms with Crippen molar-refractivity contribution >= 4 is 17.6 Å². The molecule has 0 aromatic heterocycles. The molecule has 0 saturated carbocycles. The van der Waals surface area contributed by atoms with Crippen LogP contribution in [0.5, 0.6) is 0 Å². The second-order valence-electron chi connectivity index (χ2n) is 4.90. The van der Waals surface area contributed by atoms with Crippen LogP contribution in [0.25, 0.3) is 0 Å². The zero-order valence-electron chi connectivity index (χ0n) is 12.3. The smallest absolute Gasteiger partial charge is 0.116 e. The lowest BCUT2D eigenvalue weighted by atomic mass is 10.1. The molecule has 2 rings (SSSR count). The first-order valence-corrected chi connectivity index (χ1v) is 7.80. The van der Waals surface area contributed by atoms with Crippen LogP contribution >= 0.6 is 11.8 Å². The van der Waals surface area contributed by atoms with E-state index in [1.807, 2.05) is 24.9 Å². The van der Waals surface area contributed by atoms with Crippen LogP contribution in [-0.2, 0) is 6.54 Å². The van der Waals surface area contributed by atoms with Gasteiger partial charge in [-0.2, -0.15) is 0 Å². The van der Waals surface area contributed by atoms with Crippen molar-refractivity contribution in [3.63, 3.8) is 0 Å². The molecular weight excluding hydrogens is 268 g/mol. The van der Waals surface area contributed by atoms with Gasteiger partial charge in [-0.25, -0.2) is 0 Å². The maximum Gasteiger partial charge on any atom is 0.116 e. The largest absolute Gasteiger partial charge is 0.396 e. The summed E-state index contributed by atoms with van der Waals surface area (Å²) >= 11 is 1.81. The molecule has 1 atom stereocenters. The molecule has 1 unspecified atom stereocenters. The standard InChI is InChI=1S/C16H22N2OS/c1-12-15(9-10-19)20-13(2)16(17-3)18(12)11-14-7-5-4-6-8-14/h4-8,13,19H,9-11H2,1-3H3. The predicted molar refractivity (Wildman–Crippen MR) is 86.8 cm³/mol. The molecule has 1 N–H and O–H groups in total. The Bertz CT molecular complexity index is 510.